The normalized spacial score (nSPS) is 15.7. The Kier molecular flexibility index (Phi) is 5.75. The van der Waals surface area contributed by atoms with E-state index in [1.54, 1.807) is 0 Å². The first-order valence-corrected chi connectivity index (χ1v) is 9.95. The first kappa shape index (κ1) is 20.7. The fourth-order valence-corrected chi connectivity index (χ4v) is 4.56. The molecule has 0 amide bonds. The Morgan fingerprint density at radius 3 is 2.00 bits per heavy atom. The predicted molar refractivity (Wildman–Crippen MR) is 112 cm³/mol. The summed E-state index contributed by atoms with van der Waals surface area (Å²) in [6, 6.07) is 11.0. The fraction of sp³-hybridized carbons (Fsp3) is 0.625. The molecule has 0 saturated heterocycles. The zero-order valence-corrected chi connectivity index (χ0v) is 18.1. The lowest BCUT2D eigenvalue weighted by atomic mass is 9.44. The first-order chi connectivity index (χ1) is 11.9. The van der Waals surface area contributed by atoms with Gasteiger partial charge in [-0.3, -0.25) is 0 Å². The highest BCUT2D eigenvalue weighted by atomic mass is 15.0. The van der Waals surface area contributed by atoms with E-state index in [1.807, 2.05) is 12.5 Å². The monoisotopic (exact) mass is 354 g/mol. The molecule has 0 aliphatic rings. The molecule has 2 nitrogen and oxygen atoms in total. The van der Waals surface area contributed by atoms with Crippen LogP contribution in [0.3, 0.4) is 0 Å². The van der Waals surface area contributed by atoms with Crippen LogP contribution in [-0.2, 0) is 12.0 Å². The molecule has 0 bridgehead atoms. The van der Waals surface area contributed by atoms with E-state index in [0.717, 1.165) is 6.54 Å². The van der Waals surface area contributed by atoms with E-state index in [4.69, 9.17) is 0 Å². The van der Waals surface area contributed by atoms with Gasteiger partial charge in [-0.05, 0) is 40.1 Å². The highest BCUT2D eigenvalue weighted by Crippen LogP contribution is 2.61. The van der Waals surface area contributed by atoms with Crippen LogP contribution in [0.25, 0.3) is 0 Å². The number of rotatable bonds is 7. The van der Waals surface area contributed by atoms with Crippen molar-refractivity contribution in [2.75, 3.05) is 0 Å². The molecule has 144 valence electrons. The molecule has 26 heavy (non-hydrogen) atoms. The summed E-state index contributed by atoms with van der Waals surface area (Å²) in [5.41, 5.74) is 2.01. The minimum Gasteiger partial charge on any atom is -0.337 e. The van der Waals surface area contributed by atoms with Crippen LogP contribution >= 0.6 is 0 Å². The van der Waals surface area contributed by atoms with Crippen LogP contribution in [-0.4, -0.2) is 9.55 Å². The summed E-state index contributed by atoms with van der Waals surface area (Å²) in [7, 11) is 0. The standard InChI is InChI=1S/C24H38N2/c1-21(2,3)24(8,15-12-17-26-18-16-25-19-26)23(6,7)22(4,5)20-13-10-9-11-14-20/h9-11,13-14,16,18-19H,12,15,17H2,1-8H3. The summed E-state index contributed by atoms with van der Waals surface area (Å²) in [6.45, 7) is 20.6. The fourth-order valence-electron chi connectivity index (χ4n) is 4.56. The third-order valence-electron chi connectivity index (χ3n) is 7.75. The van der Waals surface area contributed by atoms with Crippen molar-refractivity contribution in [3.8, 4) is 0 Å². The van der Waals surface area contributed by atoms with Crippen molar-refractivity contribution < 1.29 is 0 Å². The number of nitrogens with zero attached hydrogens (tertiary/aromatic N) is 2. The molecule has 0 fully saturated rings. The van der Waals surface area contributed by atoms with Gasteiger partial charge in [0.25, 0.3) is 0 Å². The average Bonchev–Trinajstić information content (AvgIpc) is 3.07. The van der Waals surface area contributed by atoms with Crippen molar-refractivity contribution in [3.63, 3.8) is 0 Å². The van der Waals surface area contributed by atoms with E-state index < -0.39 is 0 Å². The summed E-state index contributed by atoms with van der Waals surface area (Å²) in [5, 5.41) is 0. The second-order valence-corrected chi connectivity index (χ2v) is 10.1. The summed E-state index contributed by atoms with van der Waals surface area (Å²) in [6.07, 6.45) is 8.21. The Balaban J connectivity index is 2.34. The molecular weight excluding hydrogens is 316 g/mol. The SMILES string of the molecule is CC(C)(C)C(C)(CCCn1ccnc1)C(C)(C)C(C)(C)c1ccccc1. The number of aromatic nitrogens is 2. The summed E-state index contributed by atoms with van der Waals surface area (Å²) >= 11 is 0. The van der Waals surface area contributed by atoms with Crippen LogP contribution in [0.1, 0.15) is 73.8 Å². The van der Waals surface area contributed by atoms with Crippen molar-refractivity contribution >= 4 is 0 Å². The predicted octanol–water partition coefficient (Wildman–Crippen LogP) is 6.72. The maximum atomic E-state index is 4.18. The largest absolute Gasteiger partial charge is 0.337 e. The molecule has 0 spiro atoms. The summed E-state index contributed by atoms with van der Waals surface area (Å²) in [4.78, 5) is 4.18. The van der Waals surface area contributed by atoms with E-state index in [0.29, 0.717) is 0 Å². The van der Waals surface area contributed by atoms with Crippen LogP contribution in [0.5, 0.6) is 0 Å². The van der Waals surface area contributed by atoms with Crippen molar-refractivity contribution in [1.29, 1.82) is 0 Å². The molecule has 1 aromatic carbocycles. The molecule has 1 atom stereocenters. The lowest BCUT2D eigenvalue weighted by molar-refractivity contribution is -0.0779. The van der Waals surface area contributed by atoms with E-state index in [2.05, 4.69) is 101 Å². The molecule has 0 radical (unpaired) electrons. The van der Waals surface area contributed by atoms with Gasteiger partial charge in [0, 0.05) is 18.9 Å². The highest BCUT2D eigenvalue weighted by Gasteiger charge is 2.55. The molecule has 2 aromatic rings. The Bertz CT molecular complexity index is 675. The lowest BCUT2D eigenvalue weighted by Crippen LogP contribution is -2.54. The minimum atomic E-state index is 0.0747. The minimum absolute atomic E-state index is 0.0747. The highest BCUT2D eigenvalue weighted by molar-refractivity contribution is 5.28. The number of aryl methyl sites for hydroxylation is 1. The van der Waals surface area contributed by atoms with Crippen LogP contribution < -0.4 is 0 Å². The number of hydrogen-bond acceptors (Lipinski definition) is 1. The van der Waals surface area contributed by atoms with Gasteiger partial charge >= 0.3 is 0 Å². The Labute approximate surface area is 161 Å². The third-order valence-corrected chi connectivity index (χ3v) is 7.75. The molecule has 0 N–H and O–H groups in total. The van der Waals surface area contributed by atoms with Gasteiger partial charge in [-0.15, -0.1) is 0 Å². The zero-order valence-electron chi connectivity index (χ0n) is 18.1. The molecule has 2 heteroatoms. The molecule has 0 saturated carbocycles. The maximum absolute atomic E-state index is 4.18. The van der Waals surface area contributed by atoms with Gasteiger partial charge in [-0.25, -0.2) is 4.98 Å². The van der Waals surface area contributed by atoms with Crippen molar-refractivity contribution in [2.24, 2.45) is 16.2 Å². The van der Waals surface area contributed by atoms with Gasteiger partial charge in [-0.1, -0.05) is 85.7 Å². The quantitative estimate of drug-likeness (QED) is 0.539. The van der Waals surface area contributed by atoms with E-state index in [-0.39, 0.29) is 21.7 Å². The van der Waals surface area contributed by atoms with Crippen molar-refractivity contribution in [1.82, 2.24) is 9.55 Å². The van der Waals surface area contributed by atoms with E-state index in [9.17, 15) is 0 Å². The Morgan fingerprint density at radius 2 is 1.50 bits per heavy atom. The molecular formula is C24H38N2. The number of benzene rings is 1. The lowest BCUT2D eigenvalue weighted by Gasteiger charge is -2.60. The van der Waals surface area contributed by atoms with Crippen LogP contribution in [0, 0.1) is 16.2 Å². The summed E-state index contributed by atoms with van der Waals surface area (Å²) in [5.74, 6) is 0. The molecule has 1 heterocycles. The van der Waals surface area contributed by atoms with Crippen molar-refractivity contribution in [3.05, 3.63) is 54.6 Å². The van der Waals surface area contributed by atoms with Gasteiger partial charge in [0.2, 0.25) is 0 Å². The summed E-state index contributed by atoms with van der Waals surface area (Å²) < 4.78 is 2.19. The van der Waals surface area contributed by atoms with Gasteiger partial charge in [0.05, 0.1) is 6.33 Å². The van der Waals surface area contributed by atoms with Gasteiger partial charge in [0.15, 0.2) is 0 Å². The molecule has 2 rings (SSSR count). The molecule has 1 aromatic heterocycles. The molecule has 1 unspecified atom stereocenters. The third kappa shape index (κ3) is 3.61. The Morgan fingerprint density at radius 1 is 0.885 bits per heavy atom. The van der Waals surface area contributed by atoms with E-state index in [1.165, 1.54) is 18.4 Å². The second kappa shape index (κ2) is 7.21. The first-order valence-electron chi connectivity index (χ1n) is 9.95. The molecule has 0 aliphatic carbocycles. The number of imidazole rings is 1. The maximum Gasteiger partial charge on any atom is 0.0945 e. The smallest absolute Gasteiger partial charge is 0.0945 e. The van der Waals surface area contributed by atoms with Crippen LogP contribution in [0.4, 0.5) is 0 Å². The topological polar surface area (TPSA) is 17.8 Å². The Hall–Kier alpha value is -1.57. The van der Waals surface area contributed by atoms with Gasteiger partial charge < -0.3 is 4.57 Å². The second-order valence-electron chi connectivity index (χ2n) is 10.1. The molecule has 0 aliphatic heterocycles. The van der Waals surface area contributed by atoms with Crippen LogP contribution in [0.2, 0.25) is 0 Å². The average molecular weight is 355 g/mol. The van der Waals surface area contributed by atoms with E-state index >= 15 is 0 Å². The number of hydrogen-bond donors (Lipinski definition) is 0. The zero-order chi connectivity index (χ0) is 19.6. The van der Waals surface area contributed by atoms with Crippen LogP contribution in [0.15, 0.2) is 49.1 Å². The van der Waals surface area contributed by atoms with Crippen molar-refractivity contribution in [2.45, 2.75) is 80.2 Å². The van der Waals surface area contributed by atoms with Gasteiger partial charge in [-0.2, -0.15) is 0 Å². The van der Waals surface area contributed by atoms with Gasteiger partial charge in [0.1, 0.15) is 0 Å².